The van der Waals surface area contributed by atoms with Crippen molar-refractivity contribution in [2.24, 2.45) is 10.8 Å². The van der Waals surface area contributed by atoms with E-state index in [-0.39, 0.29) is 23.8 Å². The van der Waals surface area contributed by atoms with Gasteiger partial charge >= 0.3 is 6.09 Å². The van der Waals surface area contributed by atoms with Gasteiger partial charge in [-0.3, -0.25) is 14.5 Å². The second kappa shape index (κ2) is 6.96. The minimum Gasteiger partial charge on any atom is -0.465 e. The van der Waals surface area contributed by atoms with Gasteiger partial charge in [0, 0.05) is 38.1 Å². The fourth-order valence-corrected chi connectivity index (χ4v) is 4.31. The van der Waals surface area contributed by atoms with Crippen LogP contribution in [0.2, 0.25) is 0 Å². The highest BCUT2D eigenvalue weighted by atomic mass is 16.4. The van der Waals surface area contributed by atoms with Gasteiger partial charge in [0.25, 0.3) is 0 Å². The Balaban J connectivity index is 1.54. The van der Waals surface area contributed by atoms with Crippen molar-refractivity contribution in [3.8, 4) is 0 Å². The highest BCUT2D eigenvalue weighted by Gasteiger charge is 2.52. The van der Waals surface area contributed by atoms with Gasteiger partial charge in [0.2, 0.25) is 11.8 Å². The topological polar surface area (TPSA) is 101 Å². The Morgan fingerprint density at radius 3 is 2.41 bits per heavy atom. The molecule has 152 valence electrons. The molecule has 0 aromatic rings. The molecular formula is C19H31N3O5. The molecule has 2 heterocycles. The molecule has 1 spiro atoms. The van der Waals surface area contributed by atoms with Crippen LogP contribution in [0.1, 0.15) is 46.5 Å². The molecule has 2 atom stereocenters. The quantitative estimate of drug-likeness (QED) is 0.756. The van der Waals surface area contributed by atoms with Gasteiger partial charge in [-0.2, -0.15) is 0 Å². The first-order valence-corrected chi connectivity index (χ1v) is 9.83. The Labute approximate surface area is 160 Å². The smallest absolute Gasteiger partial charge is 0.408 e. The molecule has 1 saturated carbocycles. The fraction of sp³-hybridized carbons (Fsp3) is 0.842. The summed E-state index contributed by atoms with van der Waals surface area (Å²) in [5.41, 5.74) is -0.575. The van der Waals surface area contributed by atoms with Crippen LogP contribution in [-0.2, 0) is 9.59 Å². The molecule has 2 aliphatic heterocycles. The van der Waals surface area contributed by atoms with Crippen LogP contribution in [0.5, 0.6) is 0 Å². The highest BCUT2D eigenvalue weighted by Crippen LogP contribution is 2.53. The number of hydrogen-bond acceptors (Lipinski definition) is 4. The minimum absolute atomic E-state index is 0.0155. The van der Waals surface area contributed by atoms with E-state index in [2.05, 4.69) is 0 Å². The lowest BCUT2D eigenvalue weighted by molar-refractivity contribution is -0.148. The SMILES string of the molecule is C[C@H]1C(=O)N(CCC(C)(C)C(=O)N2CCC3(CC3)[C@H](O)C2)CCN1C(=O)O. The summed E-state index contributed by atoms with van der Waals surface area (Å²) in [5, 5.41) is 19.5. The number of aliphatic hydroxyl groups is 1. The lowest BCUT2D eigenvalue weighted by Gasteiger charge is -2.41. The molecule has 0 aromatic carbocycles. The second-order valence-corrected chi connectivity index (χ2v) is 8.99. The summed E-state index contributed by atoms with van der Waals surface area (Å²) < 4.78 is 0. The molecule has 3 amide bonds. The standard InChI is InChI=1S/C19H31N3O5/c1-13-15(24)20(10-11-22(13)17(26)27)8-6-18(2,3)16(25)21-9-7-19(4-5-19)14(23)12-21/h13-14,23H,4-12H2,1-3H3,(H,26,27)/t13-,14+/m0/s1. The number of carboxylic acid groups (broad SMARTS) is 1. The number of likely N-dealkylation sites (tertiary alicyclic amines) is 1. The Morgan fingerprint density at radius 1 is 1.19 bits per heavy atom. The molecule has 0 aromatic heterocycles. The Morgan fingerprint density at radius 2 is 1.85 bits per heavy atom. The van der Waals surface area contributed by atoms with Crippen LogP contribution in [-0.4, -0.2) is 87.7 Å². The van der Waals surface area contributed by atoms with E-state index >= 15 is 0 Å². The van der Waals surface area contributed by atoms with E-state index in [1.807, 2.05) is 13.8 Å². The molecule has 8 nitrogen and oxygen atoms in total. The molecule has 3 rings (SSSR count). The molecule has 2 saturated heterocycles. The first kappa shape index (κ1) is 19.9. The van der Waals surface area contributed by atoms with Crippen LogP contribution in [0.4, 0.5) is 4.79 Å². The van der Waals surface area contributed by atoms with Gasteiger partial charge in [0.15, 0.2) is 0 Å². The van der Waals surface area contributed by atoms with Gasteiger partial charge in [0.1, 0.15) is 6.04 Å². The van der Waals surface area contributed by atoms with E-state index in [9.17, 15) is 19.5 Å². The lowest BCUT2D eigenvalue weighted by atomic mass is 9.84. The number of piperazine rings is 1. The van der Waals surface area contributed by atoms with Crippen LogP contribution >= 0.6 is 0 Å². The normalized spacial score (nSPS) is 27.9. The minimum atomic E-state index is -1.08. The zero-order valence-corrected chi connectivity index (χ0v) is 16.5. The summed E-state index contributed by atoms with van der Waals surface area (Å²) in [6.07, 6.45) is 1.98. The predicted molar refractivity (Wildman–Crippen MR) is 98.0 cm³/mol. The number of carbonyl (C=O) groups excluding carboxylic acids is 2. The van der Waals surface area contributed by atoms with Crippen LogP contribution in [0.3, 0.4) is 0 Å². The maximum Gasteiger partial charge on any atom is 0.408 e. The number of carbonyl (C=O) groups is 3. The largest absolute Gasteiger partial charge is 0.465 e. The monoisotopic (exact) mass is 381 g/mol. The van der Waals surface area contributed by atoms with Gasteiger partial charge in [-0.15, -0.1) is 0 Å². The van der Waals surface area contributed by atoms with Gasteiger partial charge in [-0.25, -0.2) is 4.79 Å². The first-order valence-electron chi connectivity index (χ1n) is 9.83. The molecule has 0 bridgehead atoms. The fourth-order valence-electron chi connectivity index (χ4n) is 4.31. The van der Waals surface area contributed by atoms with Gasteiger partial charge in [-0.1, -0.05) is 13.8 Å². The number of rotatable bonds is 4. The Kier molecular flexibility index (Phi) is 5.14. The third-order valence-electron chi connectivity index (χ3n) is 6.74. The summed E-state index contributed by atoms with van der Waals surface area (Å²) in [7, 11) is 0. The summed E-state index contributed by atoms with van der Waals surface area (Å²) in [4.78, 5) is 41.2. The number of amides is 3. The zero-order valence-electron chi connectivity index (χ0n) is 16.5. The third kappa shape index (κ3) is 3.77. The van der Waals surface area contributed by atoms with Gasteiger partial charge in [0.05, 0.1) is 6.10 Å². The number of hydrogen-bond donors (Lipinski definition) is 2. The van der Waals surface area contributed by atoms with Crippen LogP contribution in [0, 0.1) is 10.8 Å². The Bertz CT molecular complexity index is 631. The van der Waals surface area contributed by atoms with E-state index in [4.69, 9.17) is 5.11 Å². The van der Waals surface area contributed by atoms with E-state index < -0.39 is 23.7 Å². The first-order chi connectivity index (χ1) is 12.6. The van der Waals surface area contributed by atoms with Crippen molar-refractivity contribution in [3.05, 3.63) is 0 Å². The molecule has 27 heavy (non-hydrogen) atoms. The van der Waals surface area contributed by atoms with Crippen molar-refractivity contribution >= 4 is 17.9 Å². The van der Waals surface area contributed by atoms with E-state index in [0.29, 0.717) is 32.6 Å². The highest BCUT2D eigenvalue weighted by molar-refractivity contribution is 5.86. The summed E-state index contributed by atoms with van der Waals surface area (Å²) >= 11 is 0. The van der Waals surface area contributed by atoms with Crippen molar-refractivity contribution in [2.45, 2.75) is 58.6 Å². The molecule has 8 heteroatoms. The number of β-amino-alcohol motifs (C(OH)–C–C–N with tert-alkyl or cyclic N) is 1. The second-order valence-electron chi connectivity index (χ2n) is 8.99. The lowest BCUT2D eigenvalue weighted by Crippen LogP contribution is -2.58. The van der Waals surface area contributed by atoms with Crippen LogP contribution in [0.25, 0.3) is 0 Å². The average molecular weight is 381 g/mol. The van der Waals surface area contributed by atoms with Gasteiger partial charge in [-0.05, 0) is 38.0 Å². The molecular weight excluding hydrogens is 350 g/mol. The summed E-state index contributed by atoms with van der Waals surface area (Å²) in [6, 6.07) is -0.693. The molecule has 2 N–H and O–H groups in total. The average Bonchev–Trinajstić information content (AvgIpc) is 3.38. The van der Waals surface area contributed by atoms with Crippen LogP contribution < -0.4 is 0 Å². The van der Waals surface area contributed by atoms with Crippen LogP contribution in [0.15, 0.2) is 0 Å². The molecule has 0 radical (unpaired) electrons. The maximum atomic E-state index is 13.0. The molecule has 0 unspecified atom stereocenters. The molecule has 3 aliphatic rings. The van der Waals surface area contributed by atoms with E-state index in [0.717, 1.165) is 24.2 Å². The summed E-state index contributed by atoms with van der Waals surface area (Å²) in [5.74, 6) is -0.197. The van der Waals surface area contributed by atoms with Crippen molar-refractivity contribution in [2.75, 3.05) is 32.7 Å². The number of aliphatic hydroxyl groups excluding tert-OH is 1. The van der Waals surface area contributed by atoms with E-state index in [1.54, 1.807) is 16.7 Å². The van der Waals surface area contributed by atoms with Crippen molar-refractivity contribution < 1.29 is 24.6 Å². The molecule has 3 fully saturated rings. The zero-order chi connectivity index (χ0) is 20.0. The summed E-state index contributed by atoms with van der Waals surface area (Å²) in [6.45, 7) is 7.51. The van der Waals surface area contributed by atoms with Crippen molar-refractivity contribution in [3.63, 3.8) is 0 Å². The number of piperidine rings is 1. The third-order valence-corrected chi connectivity index (χ3v) is 6.74. The van der Waals surface area contributed by atoms with Gasteiger partial charge < -0.3 is 20.0 Å². The number of nitrogens with zero attached hydrogens (tertiary/aromatic N) is 3. The van der Waals surface area contributed by atoms with Crippen molar-refractivity contribution in [1.29, 1.82) is 0 Å². The Hall–Kier alpha value is -1.83. The maximum absolute atomic E-state index is 13.0. The predicted octanol–water partition coefficient (Wildman–Crippen LogP) is 0.987. The van der Waals surface area contributed by atoms with E-state index in [1.165, 1.54) is 0 Å². The van der Waals surface area contributed by atoms with Crippen molar-refractivity contribution in [1.82, 2.24) is 14.7 Å². The molecule has 1 aliphatic carbocycles.